The molecule has 0 unspecified atom stereocenters. The molecule has 2 aromatic carbocycles. The van der Waals surface area contributed by atoms with Gasteiger partial charge in [0.25, 0.3) is 5.91 Å². The molecule has 0 saturated carbocycles. The molecule has 0 fully saturated rings. The van der Waals surface area contributed by atoms with Crippen LogP contribution in [0, 0.1) is 6.92 Å². The largest absolute Gasteiger partial charge is 0.380 e. The van der Waals surface area contributed by atoms with Gasteiger partial charge in [-0.25, -0.2) is 0 Å². The molecule has 2 rings (SSSR count). The van der Waals surface area contributed by atoms with Crippen LogP contribution in [0.3, 0.4) is 0 Å². The predicted molar refractivity (Wildman–Crippen MR) is 79.5 cm³/mol. The molecular formula is C17H19NO2. The summed E-state index contributed by atoms with van der Waals surface area (Å²) < 4.78 is 5.16. The van der Waals surface area contributed by atoms with Crippen molar-refractivity contribution in [1.29, 1.82) is 0 Å². The van der Waals surface area contributed by atoms with Crippen molar-refractivity contribution in [3.05, 3.63) is 70.8 Å². The minimum Gasteiger partial charge on any atom is -0.380 e. The number of nitrogens with one attached hydrogen (secondary N) is 1. The fraction of sp³-hybridized carbons (Fsp3) is 0.235. The van der Waals surface area contributed by atoms with Gasteiger partial charge in [-0.15, -0.1) is 0 Å². The fourth-order valence-corrected chi connectivity index (χ4v) is 2.01. The number of hydrogen-bond acceptors (Lipinski definition) is 2. The fourth-order valence-electron chi connectivity index (χ4n) is 2.01. The zero-order valence-electron chi connectivity index (χ0n) is 11.8. The molecule has 1 amide bonds. The van der Waals surface area contributed by atoms with Crippen molar-refractivity contribution in [2.75, 3.05) is 7.11 Å². The number of carbonyl (C=O) groups excluding carboxylic acids is 1. The third kappa shape index (κ3) is 3.68. The van der Waals surface area contributed by atoms with Gasteiger partial charge in [-0.1, -0.05) is 42.0 Å². The van der Waals surface area contributed by atoms with Gasteiger partial charge < -0.3 is 10.1 Å². The van der Waals surface area contributed by atoms with Gasteiger partial charge in [0.1, 0.15) is 0 Å². The number of carbonyl (C=O) groups is 1. The molecule has 1 N–H and O–H groups in total. The molecule has 0 saturated heterocycles. The summed E-state index contributed by atoms with van der Waals surface area (Å²) in [6.07, 6.45) is 0. The van der Waals surface area contributed by atoms with Crippen LogP contribution in [0.2, 0.25) is 0 Å². The molecule has 0 aliphatic heterocycles. The molecule has 20 heavy (non-hydrogen) atoms. The number of hydrogen-bond donors (Lipinski definition) is 1. The molecule has 0 bridgehead atoms. The van der Waals surface area contributed by atoms with E-state index < -0.39 is 0 Å². The summed E-state index contributed by atoms with van der Waals surface area (Å²) in [6, 6.07) is 15.5. The van der Waals surface area contributed by atoms with E-state index in [-0.39, 0.29) is 5.91 Å². The molecule has 0 radical (unpaired) electrons. The maximum Gasteiger partial charge on any atom is 0.251 e. The van der Waals surface area contributed by atoms with Crippen LogP contribution in [0.4, 0.5) is 0 Å². The maximum atomic E-state index is 12.1. The summed E-state index contributed by atoms with van der Waals surface area (Å²) >= 11 is 0. The highest BCUT2D eigenvalue weighted by Gasteiger charge is 2.06. The molecular weight excluding hydrogens is 250 g/mol. The topological polar surface area (TPSA) is 38.3 Å². The number of ether oxygens (including phenoxy) is 1. The smallest absolute Gasteiger partial charge is 0.251 e. The van der Waals surface area contributed by atoms with E-state index in [2.05, 4.69) is 5.32 Å². The first-order valence-corrected chi connectivity index (χ1v) is 6.61. The van der Waals surface area contributed by atoms with Gasteiger partial charge in [-0.05, 0) is 30.2 Å². The highest BCUT2D eigenvalue weighted by atomic mass is 16.5. The molecule has 0 spiro atoms. The van der Waals surface area contributed by atoms with Gasteiger partial charge in [0.2, 0.25) is 0 Å². The molecule has 0 aliphatic carbocycles. The van der Waals surface area contributed by atoms with E-state index in [9.17, 15) is 4.79 Å². The van der Waals surface area contributed by atoms with Crippen molar-refractivity contribution in [1.82, 2.24) is 5.32 Å². The van der Waals surface area contributed by atoms with Gasteiger partial charge >= 0.3 is 0 Å². The Bertz CT molecular complexity index is 576. The van der Waals surface area contributed by atoms with E-state index in [1.54, 1.807) is 7.11 Å². The minimum atomic E-state index is -0.0581. The summed E-state index contributed by atoms with van der Waals surface area (Å²) in [7, 11) is 1.67. The Labute approximate surface area is 119 Å². The van der Waals surface area contributed by atoms with Gasteiger partial charge in [0.05, 0.1) is 6.61 Å². The maximum absolute atomic E-state index is 12.1. The van der Waals surface area contributed by atoms with Crippen LogP contribution in [0.5, 0.6) is 0 Å². The molecule has 0 atom stereocenters. The minimum absolute atomic E-state index is 0.0581. The quantitative estimate of drug-likeness (QED) is 0.906. The van der Waals surface area contributed by atoms with E-state index in [1.807, 2.05) is 55.5 Å². The highest BCUT2D eigenvalue weighted by molar-refractivity contribution is 5.94. The molecule has 104 valence electrons. The lowest BCUT2D eigenvalue weighted by Crippen LogP contribution is -2.23. The van der Waals surface area contributed by atoms with E-state index in [4.69, 9.17) is 4.74 Å². The average Bonchev–Trinajstić information content (AvgIpc) is 2.47. The van der Waals surface area contributed by atoms with Crippen molar-refractivity contribution in [3.63, 3.8) is 0 Å². The lowest BCUT2D eigenvalue weighted by molar-refractivity contribution is 0.0950. The lowest BCUT2D eigenvalue weighted by Gasteiger charge is -2.10. The Morgan fingerprint density at radius 3 is 2.35 bits per heavy atom. The monoisotopic (exact) mass is 269 g/mol. The average molecular weight is 269 g/mol. The zero-order valence-corrected chi connectivity index (χ0v) is 11.8. The number of rotatable bonds is 5. The van der Waals surface area contributed by atoms with Crippen LogP contribution in [-0.4, -0.2) is 13.0 Å². The first-order valence-electron chi connectivity index (χ1n) is 6.61. The molecule has 3 heteroatoms. The second-order valence-electron chi connectivity index (χ2n) is 4.75. The molecule has 3 nitrogen and oxygen atoms in total. The van der Waals surface area contributed by atoms with Gasteiger partial charge in [-0.2, -0.15) is 0 Å². The van der Waals surface area contributed by atoms with Crippen LogP contribution < -0.4 is 5.32 Å². The molecule has 0 aromatic heterocycles. The summed E-state index contributed by atoms with van der Waals surface area (Å²) in [5.74, 6) is -0.0581. The van der Waals surface area contributed by atoms with E-state index >= 15 is 0 Å². The van der Waals surface area contributed by atoms with E-state index in [0.29, 0.717) is 18.7 Å². The second kappa shape index (κ2) is 6.87. The highest BCUT2D eigenvalue weighted by Crippen LogP contribution is 2.10. The number of benzene rings is 2. The predicted octanol–water partition coefficient (Wildman–Crippen LogP) is 3.07. The standard InChI is InChI=1S/C17H19NO2/c1-13-7-9-14(10-8-13)17(19)18-11-15-5-3-4-6-16(15)12-20-2/h3-10H,11-12H2,1-2H3,(H,18,19). The van der Waals surface area contributed by atoms with Crippen molar-refractivity contribution < 1.29 is 9.53 Å². The Balaban J connectivity index is 2.01. The molecule has 0 heterocycles. The first kappa shape index (κ1) is 14.3. The summed E-state index contributed by atoms with van der Waals surface area (Å²) in [4.78, 5) is 12.1. The number of aryl methyl sites for hydroxylation is 1. The normalized spacial score (nSPS) is 10.3. The van der Waals surface area contributed by atoms with Crippen LogP contribution in [-0.2, 0) is 17.9 Å². The SMILES string of the molecule is COCc1ccccc1CNC(=O)c1ccc(C)cc1. The van der Waals surface area contributed by atoms with Crippen LogP contribution >= 0.6 is 0 Å². The third-order valence-corrected chi connectivity index (χ3v) is 3.17. The zero-order chi connectivity index (χ0) is 14.4. The van der Waals surface area contributed by atoms with Gasteiger partial charge in [-0.3, -0.25) is 4.79 Å². The van der Waals surface area contributed by atoms with Gasteiger partial charge in [0.15, 0.2) is 0 Å². The second-order valence-corrected chi connectivity index (χ2v) is 4.75. The third-order valence-electron chi connectivity index (χ3n) is 3.17. The van der Waals surface area contributed by atoms with Crippen LogP contribution in [0.15, 0.2) is 48.5 Å². The first-order chi connectivity index (χ1) is 9.70. The Hall–Kier alpha value is -2.13. The lowest BCUT2D eigenvalue weighted by atomic mass is 10.1. The van der Waals surface area contributed by atoms with E-state index in [1.165, 1.54) is 0 Å². The number of methoxy groups -OCH3 is 1. The van der Waals surface area contributed by atoms with Crippen molar-refractivity contribution in [3.8, 4) is 0 Å². The Kier molecular flexibility index (Phi) is 4.91. The summed E-state index contributed by atoms with van der Waals surface area (Å²) in [5, 5.41) is 2.94. The summed E-state index contributed by atoms with van der Waals surface area (Å²) in [5.41, 5.74) is 4.00. The van der Waals surface area contributed by atoms with Gasteiger partial charge in [0, 0.05) is 19.2 Å². The van der Waals surface area contributed by atoms with Crippen LogP contribution in [0.25, 0.3) is 0 Å². The van der Waals surface area contributed by atoms with E-state index in [0.717, 1.165) is 16.7 Å². The van der Waals surface area contributed by atoms with Crippen molar-refractivity contribution in [2.24, 2.45) is 0 Å². The molecule has 0 aliphatic rings. The van der Waals surface area contributed by atoms with Crippen LogP contribution in [0.1, 0.15) is 27.0 Å². The molecule has 2 aromatic rings. The van der Waals surface area contributed by atoms with Crippen molar-refractivity contribution in [2.45, 2.75) is 20.1 Å². The Morgan fingerprint density at radius 2 is 1.70 bits per heavy atom. The Morgan fingerprint density at radius 1 is 1.05 bits per heavy atom. The van der Waals surface area contributed by atoms with Crippen molar-refractivity contribution >= 4 is 5.91 Å². The summed E-state index contributed by atoms with van der Waals surface area (Å²) in [6.45, 7) is 3.06. The number of amides is 1.